The van der Waals surface area contributed by atoms with Crippen LogP contribution in [0.4, 0.5) is 5.69 Å². The lowest BCUT2D eigenvalue weighted by molar-refractivity contribution is -0.256. The van der Waals surface area contributed by atoms with Crippen molar-refractivity contribution in [2.75, 3.05) is 24.7 Å². The number of ether oxygens (including phenoxy) is 3. The number of fused-ring (bicyclic) bond motifs is 2. The molecule has 154 valence electrons. The predicted molar refractivity (Wildman–Crippen MR) is 112 cm³/mol. The van der Waals surface area contributed by atoms with E-state index < -0.39 is 5.79 Å². The van der Waals surface area contributed by atoms with Crippen molar-refractivity contribution in [3.63, 3.8) is 0 Å². The van der Waals surface area contributed by atoms with E-state index in [1.807, 2.05) is 30.3 Å². The molecule has 1 amide bonds. The van der Waals surface area contributed by atoms with E-state index in [0.717, 1.165) is 29.8 Å². The van der Waals surface area contributed by atoms with Crippen molar-refractivity contribution in [3.8, 4) is 5.75 Å². The molecule has 2 heterocycles. The van der Waals surface area contributed by atoms with Crippen LogP contribution in [0.3, 0.4) is 0 Å². The molecule has 5 nitrogen and oxygen atoms in total. The Morgan fingerprint density at radius 2 is 1.86 bits per heavy atom. The van der Waals surface area contributed by atoms with E-state index in [9.17, 15) is 4.79 Å². The van der Waals surface area contributed by atoms with Crippen LogP contribution < -0.4 is 9.64 Å². The van der Waals surface area contributed by atoms with Crippen LogP contribution in [0.2, 0.25) is 5.02 Å². The Balaban J connectivity index is 1.54. The molecule has 1 fully saturated rings. The van der Waals surface area contributed by atoms with Crippen LogP contribution >= 0.6 is 11.6 Å². The van der Waals surface area contributed by atoms with Crippen molar-refractivity contribution in [1.82, 2.24) is 0 Å². The van der Waals surface area contributed by atoms with Crippen LogP contribution in [0.1, 0.15) is 37.8 Å². The molecule has 0 bridgehead atoms. The van der Waals surface area contributed by atoms with Gasteiger partial charge >= 0.3 is 0 Å². The average Bonchev–Trinajstić information content (AvgIpc) is 2.92. The zero-order valence-electron chi connectivity index (χ0n) is 16.8. The Morgan fingerprint density at radius 3 is 2.55 bits per heavy atom. The number of benzene rings is 2. The maximum atomic E-state index is 13.3. The molecule has 0 atom stereocenters. The Labute approximate surface area is 176 Å². The molecule has 2 aromatic rings. The third-order valence-corrected chi connectivity index (χ3v) is 5.49. The van der Waals surface area contributed by atoms with E-state index in [0.29, 0.717) is 42.9 Å². The minimum atomic E-state index is -1.38. The molecule has 0 N–H and O–H groups in total. The van der Waals surface area contributed by atoms with Gasteiger partial charge in [-0.05, 0) is 54.7 Å². The van der Waals surface area contributed by atoms with Gasteiger partial charge in [0.05, 0.1) is 32.1 Å². The molecule has 1 spiro atoms. The highest BCUT2D eigenvalue weighted by Crippen LogP contribution is 2.46. The molecule has 0 saturated carbocycles. The van der Waals surface area contributed by atoms with Gasteiger partial charge in [-0.15, -0.1) is 0 Å². The fraction of sp³-hybridized carbons (Fsp3) is 0.435. The molecule has 0 aromatic heterocycles. The quantitative estimate of drug-likeness (QED) is 0.673. The Morgan fingerprint density at radius 1 is 1.14 bits per heavy atom. The lowest BCUT2D eigenvalue weighted by atomic mass is 10.1. The highest BCUT2D eigenvalue weighted by atomic mass is 35.5. The Kier molecular flexibility index (Phi) is 5.81. The maximum absolute atomic E-state index is 13.3. The van der Waals surface area contributed by atoms with Crippen molar-refractivity contribution >= 4 is 23.2 Å². The first-order chi connectivity index (χ1) is 14.0. The molecular formula is C23H26ClNO4. The van der Waals surface area contributed by atoms with E-state index in [2.05, 4.69) is 13.8 Å². The van der Waals surface area contributed by atoms with Crippen LogP contribution in [-0.2, 0) is 26.6 Å². The summed E-state index contributed by atoms with van der Waals surface area (Å²) in [6.07, 6.45) is 1.79. The molecule has 6 heteroatoms. The Bertz CT molecular complexity index is 875. The normalized spacial score (nSPS) is 17.8. The molecule has 2 aromatic carbocycles. The second-order valence-electron chi connectivity index (χ2n) is 7.89. The van der Waals surface area contributed by atoms with Gasteiger partial charge in [0, 0.05) is 10.6 Å². The van der Waals surface area contributed by atoms with Crippen molar-refractivity contribution in [3.05, 3.63) is 58.6 Å². The number of rotatable bonds is 6. The monoisotopic (exact) mass is 415 g/mol. The number of carbonyl (C=O) groups is 1. The summed E-state index contributed by atoms with van der Waals surface area (Å²) in [5.74, 6) is -0.129. The molecular weight excluding hydrogens is 390 g/mol. The van der Waals surface area contributed by atoms with Crippen molar-refractivity contribution in [1.29, 1.82) is 0 Å². The first kappa shape index (κ1) is 20.2. The minimum Gasteiger partial charge on any atom is -0.494 e. The second kappa shape index (κ2) is 8.34. The highest BCUT2D eigenvalue weighted by Gasteiger charge is 2.54. The summed E-state index contributed by atoms with van der Waals surface area (Å²) in [5.41, 5.74) is 2.46. The van der Waals surface area contributed by atoms with Crippen LogP contribution in [-0.4, -0.2) is 25.7 Å². The molecule has 4 rings (SSSR count). The number of halogens is 1. The van der Waals surface area contributed by atoms with Crippen molar-refractivity contribution < 1.29 is 19.0 Å². The van der Waals surface area contributed by atoms with Gasteiger partial charge in [-0.3, -0.25) is 4.79 Å². The van der Waals surface area contributed by atoms with Gasteiger partial charge in [0.25, 0.3) is 11.7 Å². The fourth-order valence-corrected chi connectivity index (χ4v) is 3.84. The van der Waals surface area contributed by atoms with Gasteiger partial charge in [-0.25, -0.2) is 0 Å². The summed E-state index contributed by atoms with van der Waals surface area (Å²) in [6.45, 7) is 6.44. The Hall–Kier alpha value is -2.08. The summed E-state index contributed by atoms with van der Waals surface area (Å²) in [5, 5.41) is 0.554. The van der Waals surface area contributed by atoms with Gasteiger partial charge < -0.3 is 19.1 Å². The van der Waals surface area contributed by atoms with Crippen LogP contribution in [0.5, 0.6) is 5.75 Å². The summed E-state index contributed by atoms with van der Waals surface area (Å²) in [7, 11) is 0. The third kappa shape index (κ3) is 4.00. The van der Waals surface area contributed by atoms with E-state index in [4.69, 9.17) is 25.8 Å². The van der Waals surface area contributed by atoms with Crippen LogP contribution in [0.15, 0.2) is 42.5 Å². The van der Waals surface area contributed by atoms with Crippen LogP contribution in [0, 0.1) is 5.92 Å². The second-order valence-corrected chi connectivity index (χ2v) is 8.33. The molecule has 0 aliphatic carbocycles. The number of nitrogens with zero attached hydrogens (tertiary/aromatic N) is 1. The molecule has 2 aliphatic heterocycles. The lowest BCUT2D eigenvalue weighted by Gasteiger charge is -2.32. The van der Waals surface area contributed by atoms with Gasteiger partial charge in [-0.1, -0.05) is 37.6 Å². The fourth-order valence-electron chi connectivity index (χ4n) is 3.66. The molecule has 2 aliphatic rings. The van der Waals surface area contributed by atoms with Crippen LogP contribution in [0.25, 0.3) is 0 Å². The average molecular weight is 416 g/mol. The van der Waals surface area contributed by atoms with E-state index >= 15 is 0 Å². The largest absolute Gasteiger partial charge is 0.494 e. The summed E-state index contributed by atoms with van der Waals surface area (Å²) >= 11 is 6.21. The number of amides is 1. The van der Waals surface area contributed by atoms with E-state index in [-0.39, 0.29) is 5.91 Å². The SMILES string of the molecule is CC(C)CCOc1ccc(CN2C(=O)C3(OCCCO3)c3cc(Cl)ccc32)cc1. The number of carbonyl (C=O) groups excluding carboxylic acids is 1. The molecule has 1 saturated heterocycles. The van der Waals surface area contributed by atoms with Crippen molar-refractivity contribution in [2.24, 2.45) is 5.92 Å². The first-order valence-electron chi connectivity index (χ1n) is 10.1. The number of anilines is 1. The molecule has 0 radical (unpaired) electrons. The molecule has 29 heavy (non-hydrogen) atoms. The van der Waals surface area contributed by atoms with Crippen molar-refractivity contribution in [2.45, 2.75) is 39.0 Å². The summed E-state index contributed by atoms with van der Waals surface area (Å²) in [6, 6.07) is 13.3. The standard InChI is InChI=1S/C23H26ClNO4/c1-16(2)10-13-27-19-7-4-17(5-8-19)15-25-21-9-6-18(24)14-20(21)23(22(25)26)28-11-3-12-29-23/h4-9,14,16H,3,10-13,15H2,1-2H3. The number of hydrogen-bond donors (Lipinski definition) is 0. The van der Waals surface area contributed by atoms with Gasteiger partial charge in [0.1, 0.15) is 5.75 Å². The zero-order chi connectivity index (χ0) is 20.4. The summed E-state index contributed by atoms with van der Waals surface area (Å²) < 4.78 is 17.5. The maximum Gasteiger partial charge on any atom is 0.292 e. The smallest absolute Gasteiger partial charge is 0.292 e. The number of hydrogen-bond acceptors (Lipinski definition) is 4. The minimum absolute atomic E-state index is 0.202. The summed E-state index contributed by atoms with van der Waals surface area (Å²) in [4.78, 5) is 15.0. The first-order valence-corrected chi connectivity index (χ1v) is 10.5. The van der Waals surface area contributed by atoms with Gasteiger partial charge in [0.2, 0.25) is 0 Å². The molecule has 0 unspecified atom stereocenters. The van der Waals surface area contributed by atoms with Gasteiger partial charge in [-0.2, -0.15) is 0 Å². The lowest BCUT2D eigenvalue weighted by Crippen LogP contribution is -2.47. The predicted octanol–water partition coefficient (Wildman–Crippen LogP) is 4.90. The van der Waals surface area contributed by atoms with E-state index in [1.54, 1.807) is 17.0 Å². The van der Waals surface area contributed by atoms with E-state index in [1.165, 1.54) is 0 Å². The van der Waals surface area contributed by atoms with Gasteiger partial charge in [0.15, 0.2) is 0 Å². The zero-order valence-corrected chi connectivity index (χ0v) is 17.6. The topological polar surface area (TPSA) is 48.0 Å². The highest BCUT2D eigenvalue weighted by molar-refractivity contribution is 6.31. The third-order valence-electron chi connectivity index (χ3n) is 5.26.